The number of nitrogens with zero attached hydrogens (tertiary/aromatic N) is 1. The van der Waals surface area contributed by atoms with E-state index in [1.165, 1.54) is 5.56 Å². The maximum absolute atomic E-state index is 12.5. The Labute approximate surface area is 160 Å². The summed E-state index contributed by atoms with van der Waals surface area (Å²) in [7, 11) is 0. The Balaban J connectivity index is 1.83. The van der Waals surface area contributed by atoms with Crippen LogP contribution in [0.1, 0.15) is 52.5 Å². The highest BCUT2D eigenvalue weighted by molar-refractivity contribution is 7.99. The zero-order valence-electron chi connectivity index (χ0n) is 16.4. The molecule has 0 aliphatic carbocycles. The highest BCUT2D eigenvalue weighted by Gasteiger charge is 2.35. The van der Waals surface area contributed by atoms with Crippen molar-refractivity contribution in [3.8, 4) is 5.75 Å². The van der Waals surface area contributed by atoms with Crippen molar-refractivity contribution in [3.63, 3.8) is 0 Å². The minimum Gasteiger partial charge on any atom is -0.493 e. The van der Waals surface area contributed by atoms with Crippen LogP contribution in [0.15, 0.2) is 24.3 Å². The molecular formula is C20H30N2O3S. The average Bonchev–Trinajstić information content (AvgIpc) is 3.03. The molecule has 1 atom stereocenters. The highest BCUT2D eigenvalue weighted by atomic mass is 32.2. The molecule has 26 heavy (non-hydrogen) atoms. The third-order valence-electron chi connectivity index (χ3n) is 4.13. The normalized spacial score (nSPS) is 17.5. The molecule has 1 unspecified atom stereocenters. The van der Waals surface area contributed by atoms with E-state index in [2.05, 4.69) is 19.2 Å². The van der Waals surface area contributed by atoms with Crippen LogP contribution in [0, 0.1) is 0 Å². The third-order valence-corrected chi connectivity index (χ3v) is 5.15. The number of ether oxygens (including phenoxy) is 1. The molecule has 2 rings (SSSR count). The molecule has 144 valence electrons. The van der Waals surface area contributed by atoms with E-state index in [1.807, 2.05) is 45.0 Å². The van der Waals surface area contributed by atoms with Gasteiger partial charge in [0.2, 0.25) is 11.8 Å². The molecule has 1 aliphatic rings. The lowest BCUT2D eigenvalue weighted by Crippen LogP contribution is -2.52. The molecule has 1 N–H and O–H groups in total. The number of nitrogens with one attached hydrogen (secondary N) is 1. The van der Waals surface area contributed by atoms with E-state index in [9.17, 15) is 9.59 Å². The summed E-state index contributed by atoms with van der Waals surface area (Å²) in [5.41, 5.74) is 0.958. The Kier molecular flexibility index (Phi) is 6.98. The summed E-state index contributed by atoms with van der Waals surface area (Å²) >= 11 is 1.61. The smallest absolute Gasteiger partial charge is 0.244 e. The second kappa shape index (κ2) is 8.80. The van der Waals surface area contributed by atoms with Gasteiger partial charge >= 0.3 is 0 Å². The number of carbonyl (C=O) groups is 2. The third kappa shape index (κ3) is 5.94. The SMILES string of the molecule is CC(C)c1ccc(OCCC(=O)N2CSCC2C(=O)NC(C)(C)C)cc1. The first-order valence-electron chi connectivity index (χ1n) is 9.09. The summed E-state index contributed by atoms with van der Waals surface area (Å²) in [6, 6.07) is 7.57. The average molecular weight is 379 g/mol. The minimum atomic E-state index is -0.392. The van der Waals surface area contributed by atoms with Gasteiger partial charge in [-0.3, -0.25) is 9.59 Å². The van der Waals surface area contributed by atoms with Crippen molar-refractivity contribution < 1.29 is 14.3 Å². The summed E-state index contributed by atoms with van der Waals surface area (Å²) < 4.78 is 5.69. The molecule has 1 fully saturated rings. The fraction of sp³-hybridized carbons (Fsp3) is 0.600. The monoisotopic (exact) mass is 378 g/mol. The predicted molar refractivity (Wildman–Crippen MR) is 106 cm³/mol. The van der Waals surface area contributed by atoms with Crippen molar-refractivity contribution in [2.75, 3.05) is 18.2 Å². The topological polar surface area (TPSA) is 58.6 Å². The molecule has 1 aromatic rings. The lowest BCUT2D eigenvalue weighted by molar-refractivity contribution is -0.139. The fourth-order valence-corrected chi connectivity index (χ4v) is 3.89. The van der Waals surface area contributed by atoms with Gasteiger partial charge in [0.25, 0.3) is 0 Å². The maximum Gasteiger partial charge on any atom is 0.244 e. The number of carbonyl (C=O) groups excluding carboxylic acids is 2. The second-order valence-electron chi connectivity index (χ2n) is 7.94. The Hall–Kier alpha value is -1.69. The van der Waals surface area contributed by atoms with Crippen LogP contribution in [0.5, 0.6) is 5.75 Å². The Morgan fingerprint density at radius 1 is 1.27 bits per heavy atom. The molecule has 6 heteroatoms. The van der Waals surface area contributed by atoms with Gasteiger partial charge < -0.3 is 15.0 Å². The molecule has 0 spiro atoms. The van der Waals surface area contributed by atoms with Crippen LogP contribution in [0.25, 0.3) is 0 Å². The molecular weight excluding hydrogens is 348 g/mol. The van der Waals surface area contributed by atoms with Gasteiger partial charge in [0.1, 0.15) is 11.8 Å². The lowest BCUT2D eigenvalue weighted by atomic mass is 10.0. The van der Waals surface area contributed by atoms with Gasteiger partial charge in [0.15, 0.2) is 0 Å². The summed E-state index contributed by atoms with van der Waals surface area (Å²) in [6.45, 7) is 10.4. The number of hydrogen-bond donors (Lipinski definition) is 1. The van der Waals surface area contributed by atoms with Crippen LogP contribution in [0.3, 0.4) is 0 Å². The van der Waals surface area contributed by atoms with E-state index in [1.54, 1.807) is 16.7 Å². The van der Waals surface area contributed by atoms with E-state index < -0.39 is 6.04 Å². The quantitative estimate of drug-likeness (QED) is 0.824. The standard InChI is InChI=1S/C20H30N2O3S/c1-14(2)15-6-8-16(9-7-15)25-11-10-18(23)22-13-26-12-17(22)19(24)21-20(3,4)5/h6-9,14,17H,10-13H2,1-5H3,(H,21,24). The van der Waals surface area contributed by atoms with E-state index in [4.69, 9.17) is 4.74 Å². The zero-order valence-corrected chi connectivity index (χ0v) is 17.2. The van der Waals surface area contributed by atoms with Crippen molar-refractivity contribution in [1.82, 2.24) is 10.2 Å². The first kappa shape index (κ1) is 20.6. The maximum atomic E-state index is 12.5. The Morgan fingerprint density at radius 3 is 2.50 bits per heavy atom. The van der Waals surface area contributed by atoms with Crippen molar-refractivity contribution in [1.29, 1.82) is 0 Å². The van der Waals surface area contributed by atoms with E-state index in [-0.39, 0.29) is 23.8 Å². The number of benzene rings is 1. The van der Waals surface area contributed by atoms with Gasteiger partial charge in [-0.2, -0.15) is 0 Å². The molecule has 1 heterocycles. The zero-order chi connectivity index (χ0) is 19.3. The number of thioether (sulfide) groups is 1. The van der Waals surface area contributed by atoms with Crippen LogP contribution < -0.4 is 10.1 Å². The van der Waals surface area contributed by atoms with E-state index >= 15 is 0 Å². The highest BCUT2D eigenvalue weighted by Crippen LogP contribution is 2.23. The molecule has 1 aliphatic heterocycles. The van der Waals surface area contributed by atoms with E-state index in [0.717, 1.165) is 5.75 Å². The van der Waals surface area contributed by atoms with Gasteiger partial charge in [-0.05, 0) is 44.4 Å². The summed E-state index contributed by atoms with van der Waals surface area (Å²) in [4.78, 5) is 26.6. The van der Waals surface area contributed by atoms with Gasteiger partial charge in [0, 0.05) is 11.3 Å². The first-order valence-corrected chi connectivity index (χ1v) is 10.2. The van der Waals surface area contributed by atoms with Gasteiger partial charge in [-0.25, -0.2) is 0 Å². The van der Waals surface area contributed by atoms with Gasteiger partial charge in [-0.1, -0.05) is 26.0 Å². The number of hydrogen-bond acceptors (Lipinski definition) is 4. The van der Waals surface area contributed by atoms with Crippen molar-refractivity contribution in [2.45, 2.75) is 58.5 Å². The molecule has 0 aromatic heterocycles. The van der Waals surface area contributed by atoms with Crippen LogP contribution in [0.4, 0.5) is 0 Å². The van der Waals surface area contributed by atoms with E-state index in [0.29, 0.717) is 24.2 Å². The Bertz CT molecular complexity index is 623. The van der Waals surface area contributed by atoms with Crippen LogP contribution in [0.2, 0.25) is 0 Å². The number of amides is 2. The van der Waals surface area contributed by atoms with Crippen LogP contribution in [-0.4, -0.2) is 46.5 Å². The first-order chi connectivity index (χ1) is 12.2. The second-order valence-corrected chi connectivity index (χ2v) is 8.94. The molecule has 1 saturated heterocycles. The van der Waals surface area contributed by atoms with Crippen molar-refractivity contribution >= 4 is 23.6 Å². The van der Waals surface area contributed by atoms with Crippen molar-refractivity contribution in [2.24, 2.45) is 0 Å². The molecule has 2 amide bonds. The Morgan fingerprint density at radius 2 is 1.92 bits per heavy atom. The molecule has 1 aromatic carbocycles. The summed E-state index contributed by atoms with van der Waals surface area (Å²) in [5.74, 6) is 2.33. The van der Waals surface area contributed by atoms with Gasteiger partial charge in [0.05, 0.1) is 18.9 Å². The molecule has 0 radical (unpaired) electrons. The minimum absolute atomic E-state index is 0.0390. The van der Waals surface area contributed by atoms with Gasteiger partial charge in [-0.15, -0.1) is 11.8 Å². The fourth-order valence-electron chi connectivity index (χ4n) is 2.71. The molecule has 0 saturated carbocycles. The number of rotatable bonds is 6. The molecule has 5 nitrogen and oxygen atoms in total. The lowest BCUT2D eigenvalue weighted by Gasteiger charge is -2.27. The van der Waals surface area contributed by atoms with Crippen LogP contribution >= 0.6 is 11.8 Å². The van der Waals surface area contributed by atoms with Crippen molar-refractivity contribution in [3.05, 3.63) is 29.8 Å². The summed E-state index contributed by atoms with van der Waals surface area (Å²) in [5, 5.41) is 2.96. The van der Waals surface area contributed by atoms with Crippen LogP contribution in [-0.2, 0) is 9.59 Å². The summed E-state index contributed by atoms with van der Waals surface area (Å²) in [6.07, 6.45) is 0.270. The molecule has 0 bridgehead atoms. The largest absolute Gasteiger partial charge is 0.493 e. The predicted octanol–water partition coefficient (Wildman–Crippen LogP) is 3.40.